The Morgan fingerprint density at radius 1 is 1.15 bits per heavy atom. The van der Waals surface area contributed by atoms with Crippen LogP contribution in [0.4, 0.5) is 0 Å². The summed E-state index contributed by atoms with van der Waals surface area (Å²) < 4.78 is 14.8. The van der Waals surface area contributed by atoms with Crippen LogP contribution < -0.4 is 10.3 Å². The molecule has 1 aliphatic heterocycles. The molecule has 1 saturated heterocycles. The van der Waals surface area contributed by atoms with Crippen LogP contribution in [0.3, 0.4) is 0 Å². The summed E-state index contributed by atoms with van der Waals surface area (Å²) in [7, 11) is 1.35. The maximum atomic E-state index is 11.9. The maximum Gasteiger partial charge on any atom is 0.497 e. The molecule has 6 heteroatoms. The molecule has 3 rings (SSSR count). The Balaban J connectivity index is 2.15. The van der Waals surface area contributed by atoms with E-state index in [1.807, 2.05) is 45.9 Å². The molecule has 0 amide bonds. The Morgan fingerprint density at radius 2 is 1.75 bits per heavy atom. The van der Waals surface area contributed by atoms with E-state index in [-0.39, 0.29) is 16.1 Å². The van der Waals surface area contributed by atoms with Crippen molar-refractivity contribution in [2.45, 2.75) is 38.9 Å². The number of thiazole rings is 1. The fraction of sp³-hybridized carbons (Fsp3) is 0.500. The van der Waals surface area contributed by atoms with E-state index in [1.165, 1.54) is 11.3 Å². The van der Waals surface area contributed by atoms with E-state index >= 15 is 0 Å². The van der Waals surface area contributed by atoms with Gasteiger partial charge in [-0.15, -0.1) is 0 Å². The molecule has 0 bridgehead atoms. The van der Waals surface area contributed by atoms with Gasteiger partial charge in [0.05, 0.1) is 21.4 Å². The molecule has 0 spiro atoms. The maximum absolute atomic E-state index is 11.9. The minimum Gasteiger partial charge on any atom is -0.399 e. The number of benzene rings is 1. The summed E-state index contributed by atoms with van der Waals surface area (Å²) in [6.07, 6.45) is 0. The molecule has 1 fully saturated rings. The first-order valence-corrected chi connectivity index (χ1v) is 7.49. The van der Waals surface area contributed by atoms with Gasteiger partial charge in [-0.2, -0.15) is 0 Å². The van der Waals surface area contributed by atoms with Gasteiger partial charge in [-0.1, -0.05) is 23.5 Å². The first-order chi connectivity index (χ1) is 9.23. The van der Waals surface area contributed by atoms with Gasteiger partial charge < -0.3 is 13.9 Å². The van der Waals surface area contributed by atoms with Crippen molar-refractivity contribution in [1.82, 2.24) is 4.57 Å². The van der Waals surface area contributed by atoms with Gasteiger partial charge in [0.25, 0.3) is 0 Å². The van der Waals surface area contributed by atoms with E-state index in [2.05, 4.69) is 0 Å². The molecule has 106 valence electrons. The predicted octanol–water partition coefficient (Wildman–Crippen LogP) is 1.90. The average molecular weight is 291 g/mol. The molecule has 0 saturated carbocycles. The Morgan fingerprint density at radius 3 is 2.35 bits per heavy atom. The number of nitrogens with zero attached hydrogens (tertiary/aromatic N) is 1. The smallest absolute Gasteiger partial charge is 0.399 e. The lowest BCUT2D eigenvalue weighted by molar-refractivity contribution is 0.00578. The molecule has 0 N–H and O–H groups in total. The lowest BCUT2D eigenvalue weighted by atomic mass is 9.78. The minimum atomic E-state index is -0.441. The van der Waals surface area contributed by atoms with Crippen molar-refractivity contribution < 1.29 is 9.31 Å². The second kappa shape index (κ2) is 4.19. The molecular weight excluding hydrogens is 273 g/mol. The molecule has 0 unspecified atom stereocenters. The highest BCUT2D eigenvalue weighted by atomic mass is 32.1. The second-order valence-corrected chi connectivity index (χ2v) is 7.20. The number of fused-ring (bicyclic) bond motifs is 1. The molecule has 4 nitrogen and oxygen atoms in total. The zero-order valence-corrected chi connectivity index (χ0v) is 13.2. The van der Waals surface area contributed by atoms with Crippen molar-refractivity contribution in [3.8, 4) is 0 Å². The molecule has 2 aromatic rings. The van der Waals surface area contributed by atoms with Gasteiger partial charge in [0.1, 0.15) is 0 Å². The summed E-state index contributed by atoms with van der Waals surface area (Å²) in [4.78, 5) is 11.9. The fourth-order valence-corrected chi connectivity index (χ4v) is 3.31. The predicted molar refractivity (Wildman–Crippen MR) is 82.8 cm³/mol. The number of rotatable bonds is 1. The van der Waals surface area contributed by atoms with Gasteiger partial charge in [0.2, 0.25) is 0 Å². The first-order valence-electron chi connectivity index (χ1n) is 6.67. The number of hydrogen-bond acceptors (Lipinski definition) is 4. The summed E-state index contributed by atoms with van der Waals surface area (Å²) in [5.74, 6) is 0. The third-order valence-electron chi connectivity index (χ3n) is 4.34. The number of aromatic nitrogens is 1. The van der Waals surface area contributed by atoms with E-state index in [0.717, 1.165) is 15.7 Å². The molecule has 1 aliphatic rings. The van der Waals surface area contributed by atoms with Crippen molar-refractivity contribution in [1.29, 1.82) is 0 Å². The summed E-state index contributed by atoms with van der Waals surface area (Å²) in [6, 6.07) is 5.87. The van der Waals surface area contributed by atoms with Gasteiger partial charge in [0.15, 0.2) is 0 Å². The highest BCUT2D eigenvalue weighted by Crippen LogP contribution is 2.37. The van der Waals surface area contributed by atoms with Gasteiger partial charge in [-0.25, -0.2) is 0 Å². The van der Waals surface area contributed by atoms with Crippen LogP contribution >= 0.6 is 11.3 Å². The summed E-state index contributed by atoms with van der Waals surface area (Å²) >= 11 is 1.25. The molecule has 0 radical (unpaired) electrons. The molecule has 0 atom stereocenters. The van der Waals surface area contributed by atoms with Gasteiger partial charge in [-0.3, -0.25) is 4.79 Å². The van der Waals surface area contributed by atoms with E-state index in [4.69, 9.17) is 9.31 Å². The zero-order chi connectivity index (χ0) is 14.7. The largest absolute Gasteiger partial charge is 0.497 e. The SMILES string of the molecule is Cn1c(=O)sc2cccc(B3OC(C)(C)C(C)(C)O3)c21. The summed E-state index contributed by atoms with van der Waals surface area (Å²) in [6.45, 7) is 8.11. The highest BCUT2D eigenvalue weighted by molar-refractivity contribution is 7.16. The molecule has 1 aromatic carbocycles. The zero-order valence-electron chi connectivity index (χ0n) is 12.4. The fourth-order valence-electron chi connectivity index (χ4n) is 2.39. The van der Waals surface area contributed by atoms with Crippen molar-refractivity contribution in [2.75, 3.05) is 0 Å². The first kappa shape index (κ1) is 13.9. The average Bonchev–Trinajstić information content (AvgIpc) is 2.74. The summed E-state index contributed by atoms with van der Waals surface area (Å²) in [5, 5.41) is 0. The highest BCUT2D eigenvalue weighted by Gasteiger charge is 2.52. The van der Waals surface area contributed by atoms with E-state index in [9.17, 15) is 4.79 Å². The van der Waals surface area contributed by atoms with Crippen LogP contribution in [0.15, 0.2) is 23.0 Å². The Labute approximate surface area is 122 Å². The lowest BCUT2D eigenvalue weighted by Gasteiger charge is -2.32. The van der Waals surface area contributed by atoms with E-state index in [1.54, 1.807) is 11.6 Å². The Hall–Kier alpha value is -1.11. The van der Waals surface area contributed by atoms with E-state index in [0.29, 0.717) is 0 Å². The Bertz CT molecular complexity index is 716. The van der Waals surface area contributed by atoms with Crippen LogP contribution in [-0.2, 0) is 16.4 Å². The second-order valence-electron chi connectivity index (χ2n) is 6.21. The van der Waals surface area contributed by atoms with Crippen molar-refractivity contribution >= 4 is 34.1 Å². The van der Waals surface area contributed by atoms with Crippen LogP contribution in [0.2, 0.25) is 0 Å². The number of hydrogen-bond donors (Lipinski definition) is 0. The third-order valence-corrected chi connectivity index (χ3v) is 5.34. The third kappa shape index (κ3) is 1.86. The normalized spacial score (nSPS) is 20.8. The quantitative estimate of drug-likeness (QED) is 0.753. The van der Waals surface area contributed by atoms with Gasteiger partial charge in [-0.05, 0) is 33.8 Å². The van der Waals surface area contributed by atoms with E-state index < -0.39 is 7.12 Å². The number of aryl methyl sites for hydroxylation is 1. The molecule has 2 heterocycles. The van der Waals surface area contributed by atoms with Crippen LogP contribution in [-0.4, -0.2) is 22.9 Å². The van der Waals surface area contributed by atoms with Crippen molar-refractivity contribution in [2.24, 2.45) is 7.05 Å². The Kier molecular flexibility index (Phi) is 2.91. The van der Waals surface area contributed by atoms with Crippen molar-refractivity contribution in [3.05, 3.63) is 27.9 Å². The molecule has 1 aromatic heterocycles. The minimum absolute atomic E-state index is 0.0315. The lowest BCUT2D eigenvalue weighted by Crippen LogP contribution is -2.41. The number of para-hydroxylation sites is 1. The van der Waals surface area contributed by atoms with Crippen LogP contribution in [0.1, 0.15) is 27.7 Å². The molecular formula is C14H18BNO3S. The van der Waals surface area contributed by atoms with Gasteiger partial charge in [0, 0.05) is 12.5 Å². The monoisotopic (exact) mass is 291 g/mol. The van der Waals surface area contributed by atoms with Crippen LogP contribution in [0.5, 0.6) is 0 Å². The summed E-state index contributed by atoms with van der Waals surface area (Å²) in [5.41, 5.74) is 1.06. The van der Waals surface area contributed by atoms with Gasteiger partial charge >= 0.3 is 12.0 Å². The van der Waals surface area contributed by atoms with Crippen molar-refractivity contribution in [3.63, 3.8) is 0 Å². The topological polar surface area (TPSA) is 40.5 Å². The molecule has 20 heavy (non-hydrogen) atoms. The molecule has 0 aliphatic carbocycles. The van der Waals surface area contributed by atoms with Crippen LogP contribution in [0.25, 0.3) is 10.2 Å². The standard InChI is InChI=1S/C14H18BNO3S/c1-13(2)14(3,4)19-15(18-13)9-7-6-8-10-11(9)16(5)12(17)20-10/h6-8H,1-5H3. The van der Waals surface area contributed by atoms with Crippen LogP contribution in [0, 0.1) is 0 Å².